The summed E-state index contributed by atoms with van der Waals surface area (Å²) in [5.74, 6) is -1.27. The molecule has 0 unspecified atom stereocenters. The molecule has 0 saturated carbocycles. The molecule has 212 valence electrons. The molecule has 37 heavy (non-hydrogen) atoms. The molecule has 0 fully saturated rings. The zero-order valence-corrected chi connectivity index (χ0v) is 24.2. The van der Waals surface area contributed by atoms with Gasteiger partial charge in [-0.1, -0.05) is 47.0 Å². The molecule has 4 atom stereocenters. The maximum Gasteiger partial charge on any atom is 0.408 e. The molecule has 3 amide bonds. The Hall–Kier alpha value is -2.83. The Morgan fingerprint density at radius 3 is 2.11 bits per heavy atom. The van der Waals surface area contributed by atoms with Gasteiger partial charge in [0.25, 0.3) is 0 Å². The Morgan fingerprint density at radius 2 is 1.62 bits per heavy atom. The van der Waals surface area contributed by atoms with Gasteiger partial charge in [-0.25, -0.2) is 9.59 Å². The Kier molecular flexibility index (Phi) is 15.5. The van der Waals surface area contributed by atoms with Gasteiger partial charge in [-0.3, -0.25) is 9.59 Å². The molecule has 0 saturated heterocycles. The first-order valence-corrected chi connectivity index (χ1v) is 13.2. The first-order chi connectivity index (χ1) is 17.2. The van der Waals surface area contributed by atoms with Crippen molar-refractivity contribution in [3.05, 3.63) is 0 Å². The fourth-order valence-corrected chi connectivity index (χ4v) is 3.89. The average Bonchev–Trinajstić information content (AvgIpc) is 2.80. The zero-order chi connectivity index (χ0) is 28.8. The van der Waals surface area contributed by atoms with Crippen LogP contribution >= 0.6 is 0 Å². The summed E-state index contributed by atoms with van der Waals surface area (Å²) in [7, 11) is 2.82. The van der Waals surface area contributed by atoms with E-state index in [1.54, 1.807) is 20.8 Å². The third kappa shape index (κ3) is 13.9. The van der Waals surface area contributed by atoms with Crippen LogP contribution in [0.2, 0.25) is 0 Å². The summed E-state index contributed by atoms with van der Waals surface area (Å²) in [6.45, 7) is 13.1. The predicted octanol–water partition coefficient (Wildman–Crippen LogP) is 3.93. The number of nitrogens with zero attached hydrogens (tertiary/aromatic N) is 2. The van der Waals surface area contributed by atoms with Gasteiger partial charge in [0.1, 0.15) is 23.7 Å². The number of ether oxygens (including phenoxy) is 2. The van der Waals surface area contributed by atoms with E-state index in [1.807, 2.05) is 26.8 Å². The van der Waals surface area contributed by atoms with Gasteiger partial charge in [-0.2, -0.15) is 5.26 Å². The number of alkyl carbamates (subject to hydrolysis) is 1. The predicted molar refractivity (Wildman–Crippen MR) is 141 cm³/mol. The second-order valence-electron chi connectivity index (χ2n) is 11.1. The fourth-order valence-electron chi connectivity index (χ4n) is 3.89. The highest BCUT2D eigenvalue weighted by Crippen LogP contribution is 2.19. The summed E-state index contributed by atoms with van der Waals surface area (Å²) in [5.41, 5.74) is -0.768. The van der Waals surface area contributed by atoms with Crippen molar-refractivity contribution in [1.29, 1.82) is 5.26 Å². The van der Waals surface area contributed by atoms with Crippen LogP contribution in [0.3, 0.4) is 0 Å². The minimum atomic E-state index is -1.06. The van der Waals surface area contributed by atoms with E-state index in [1.165, 1.54) is 19.1 Å². The molecule has 0 radical (unpaired) electrons. The number of carbonyl (C=O) groups excluding carboxylic acids is 4. The summed E-state index contributed by atoms with van der Waals surface area (Å²) in [5, 5.41) is 14.3. The summed E-state index contributed by atoms with van der Waals surface area (Å²) in [6.07, 6.45) is 2.93. The molecule has 10 nitrogen and oxygen atoms in total. The zero-order valence-electron chi connectivity index (χ0n) is 24.2. The molecular weight excluding hydrogens is 476 g/mol. The topological polar surface area (TPSA) is 138 Å². The van der Waals surface area contributed by atoms with Gasteiger partial charge in [0.05, 0.1) is 13.2 Å². The molecule has 0 rings (SSSR count). The van der Waals surface area contributed by atoms with Crippen LogP contribution in [0.15, 0.2) is 0 Å². The fraction of sp³-hybridized carbons (Fsp3) is 0.815. The molecule has 0 aromatic heterocycles. The number of likely N-dealkylation sites (N-methyl/N-ethyl adjacent to an activating group) is 1. The standard InChI is InChI=1S/C27H48N4O6/c1-10-11-13-19(4)17-21(24(33)31(8)22(16-18(2)3)25(34)36-9)29-23(32)20(14-12-15-28)30-26(35)37-27(5,6)7/h18-22H,10-14,16-17H2,1-9H3,(H,29,32)(H,30,35)/t19-,20-,21+,22+/m1/s1. The molecule has 0 spiro atoms. The van der Waals surface area contributed by atoms with Crippen molar-refractivity contribution < 1.29 is 28.7 Å². The Bertz CT molecular complexity index is 787. The van der Waals surface area contributed by atoms with Gasteiger partial charge in [-0.15, -0.1) is 0 Å². The van der Waals surface area contributed by atoms with Crippen LogP contribution < -0.4 is 10.6 Å². The molecule has 0 aromatic carbocycles. The number of unbranched alkanes of at least 4 members (excludes halogenated alkanes) is 1. The minimum Gasteiger partial charge on any atom is -0.467 e. The smallest absolute Gasteiger partial charge is 0.408 e. The van der Waals surface area contributed by atoms with E-state index in [0.29, 0.717) is 12.8 Å². The van der Waals surface area contributed by atoms with E-state index in [4.69, 9.17) is 14.7 Å². The third-order valence-corrected chi connectivity index (χ3v) is 5.84. The van der Waals surface area contributed by atoms with Crippen molar-refractivity contribution in [2.75, 3.05) is 14.2 Å². The summed E-state index contributed by atoms with van der Waals surface area (Å²) >= 11 is 0. The molecule has 0 aliphatic rings. The molecule has 0 aliphatic heterocycles. The van der Waals surface area contributed by atoms with Crippen LogP contribution in [-0.4, -0.2) is 66.7 Å². The Labute approximate surface area is 222 Å². The molecule has 0 heterocycles. The van der Waals surface area contributed by atoms with Crippen LogP contribution in [0.4, 0.5) is 4.79 Å². The van der Waals surface area contributed by atoms with E-state index >= 15 is 0 Å². The van der Waals surface area contributed by atoms with Crippen molar-refractivity contribution in [1.82, 2.24) is 15.5 Å². The number of nitrogens with one attached hydrogen (secondary N) is 2. The monoisotopic (exact) mass is 524 g/mol. The van der Waals surface area contributed by atoms with Gasteiger partial charge in [0, 0.05) is 13.5 Å². The lowest BCUT2D eigenvalue weighted by atomic mass is 9.94. The maximum absolute atomic E-state index is 13.6. The highest BCUT2D eigenvalue weighted by molar-refractivity contribution is 5.93. The number of hydrogen-bond donors (Lipinski definition) is 2. The van der Waals surface area contributed by atoms with Crippen LogP contribution in [0.1, 0.15) is 93.4 Å². The number of amides is 3. The highest BCUT2D eigenvalue weighted by Gasteiger charge is 2.35. The van der Waals surface area contributed by atoms with E-state index in [0.717, 1.165) is 19.3 Å². The van der Waals surface area contributed by atoms with Gasteiger partial charge in [0.15, 0.2) is 0 Å². The number of carbonyl (C=O) groups is 4. The Morgan fingerprint density at radius 1 is 1.00 bits per heavy atom. The molecule has 0 aliphatic carbocycles. The first-order valence-electron chi connectivity index (χ1n) is 13.2. The lowest BCUT2D eigenvalue weighted by Crippen LogP contribution is -2.57. The lowest BCUT2D eigenvalue weighted by Gasteiger charge is -2.32. The van der Waals surface area contributed by atoms with Gasteiger partial charge in [-0.05, 0) is 51.9 Å². The second kappa shape index (κ2) is 16.8. The summed E-state index contributed by atoms with van der Waals surface area (Å²) in [4.78, 5) is 53.0. The van der Waals surface area contributed by atoms with Crippen molar-refractivity contribution in [3.8, 4) is 6.07 Å². The lowest BCUT2D eigenvalue weighted by molar-refractivity contribution is -0.153. The van der Waals surface area contributed by atoms with Gasteiger partial charge < -0.3 is 25.0 Å². The largest absolute Gasteiger partial charge is 0.467 e. The van der Waals surface area contributed by atoms with Crippen LogP contribution in [0, 0.1) is 23.2 Å². The average molecular weight is 525 g/mol. The molecule has 2 N–H and O–H groups in total. The van der Waals surface area contributed by atoms with Crippen molar-refractivity contribution >= 4 is 23.9 Å². The number of methoxy groups -OCH3 is 1. The summed E-state index contributed by atoms with van der Waals surface area (Å²) < 4.78 is 10.2. The van der Waals surface area contributed by atoms with Crippen LogP contribution in [0.25, 0.3) is 0 Å². The third-order valence-electron chi connectivity index (χ3n) is 5.84. The Balaban J connectivity index is 5.93. The molecule has 0 bridgehead atoms. The minimum absolute atomic E-state index is 0.0259. The van der Waals surface area contributed by atoms with E-state index in [9.17, 15) is 19.2 Å². The van der Waals surface area contributed by atoms with Crippen molar-refractivity contribution in [2.45, 2.75) is 117 Å². The van der Waals surface area contributed by atoms with E-state index in [2.05, 4.69) is 17.6 Å². The van der Waals surface area contributed by atoms with E-state index in [-0.39, 0.29) is 24.7 Å². The quantitative estimate of drug-likeness (QED) is 0.310. The second-order valence-corrected chi connectivity index (χ2v) is 11.1. The van der Waals surface area contributed by atoms with Gasteiger partial charge >= 0.3 is 12.1 Å². The number of rotatable bonds is 15. The summed E-state index contributed by atoms with van der Waals surface area (Å²) in [6, 6.07) is -0.801. The molecular formula is C27H48N4O6. The van der Waals surface area contributed by atoms with Crippen LogP contribution in [-0.2, 0) is 23.9 Å². The highest BCUT2D eigenvalue weighted by atomic mass is 16.6. The molecule has 0 aromatic rings. The van der Waals surface area contributed by atoms with Crippen molar-refractivity contribution in [2.24, 2.45) is 11.8 Å². The molecule has 10 heteroatoms. The van der Waals surface area contributed by atoms with Crippen molar-refractivity contribution in [3.63, 3.8) is 0 Å². The van der Waals surface area contributed by atoms with Crippen LogP contribution in [0.5, 0.6) is 0 Å². The number of nitriles is 1. The normalized spacial score (nSPS) is 14.5. The first kappa shape index (κ1) is 34.2. The van der Waals surface area contributed by atoms with Gasteiger partial charge in [0.2, 0.25) is 11.8 Å². The maximum atomic E-state index is 13.6. The SMILES string of the molecule is CCCC[C@@H](C)C[C@H](NC(=O)[C@@H](CCC#N)NC(=O)OC(C)(C)C)C(=O)N(C)[C@@H](CC(C)C)C(=O)OC. The number of hydrogen-bond acceptors (Lipinski definition) is 7. The number of esters is 1. The van der Waals surface area contributed by atoms with E-state index < -0.39 is 47.6 Å².